The van der Waals surface area contributed by atoms with Crippen LogP contribution in [0, 0.1) is 23.2 Å². The van der Waals surface area contributed by atoms with Crippen LogP contribution in [0.5, 0.6) is 0 Å². The minimum absolute atomic E-state index is 0.00790. The molecule has 152 valence electrons. The molecule has 3 fully saturated rings. The van der Waals surface area contributed by atoms with Crippen molar-refractivity contribution in [3.05, 3.63) is 22.9 Å². The zero-order valence-corrected chi connectivity index (χ0v) is 16.4. The van der Waals surface area contributed by atoms with E-state index >= 15 is 0 Å². The van der Waals surface area contributed by atoms with Crippen LogP contribution in [0.2, 0.25) is 0 Å². The minimum atomic E-state index is -0.295. The topological polar surface area (TPSA) is 120 Å². The van der Waals surface area contributed by atoms with Crippen molar-refractivity contribution < 1.29 is 14.4 Å². The van der Waals surface area contributed by atoms with Crippen molar-refractivity contribution in [3.63, 3.8) is 0 Å². The first-order valence-corrected chi connectivity index (χ1v) is 10.3. The van der Waals surface area contributed by atoms with Crippen molar-refractivity contribution in [1.29, 1.82) is 5.26 Å². The number of ketones is 1. The van der Waals surface area contributed by atoms with Crippen molar-refractivity contribution in [3.8, 4) is 6.07 Å². The number of amides is 2. The van der Waals surface area contributed by atoms with E-state index in [1.165, 1.54) is 0 Å². The molecule has 0 atom stereocenters. The Hall–Kier alpha value is -2.95. The summed E-state index contributed by atoms with van der Waals surface area (Å²) < 4.78 is 0. The summed E-state index contributed by atoms with van der Waals surface area (Å²) in [6, 6.07) is 3.83. The fraction of sp³-hybridized carbons (Fsp3) is 0.571. The lowest BCUT2D eigenvalue weighted by atomic mass is 9.95. The summed E-state index contributed by atoms with van der Waals surface area (Å²) in [4.78, 5) is 44.9. The summed E-state index contributed by atoms with van der Waals surface area (Å²) >= 11 is 0. The Balaban J connectivity index is 1.67. The van der Waals surface area contributed by atoms with E-state index in [1.807, 2.05) is 4.90 Å². The first-order chi connectivity index (χ1) is 14.0. The van der Waals surface area contributed by atoms with E-state index in [4.69, 9.17) is 10.7 Å². The monoisotopic (exact) mass is 395 g/mol. The number of nitriles is 1. The second-order valence-electron chi connectivity index (χ2n) is 8.19. The molecule has 2 N–H and O–H groups in total. The van der Waals surface area contributed by atoms with Gasteiger partial charge in [0, 0.05) is 43.5 Å². The van der Waals surface area contributed by atoms with Crippen molar-refractivity contribution in [2.75, 3.05) is 24.5 Å². The predicted octanol–water partition coefficient (Wildman–Crippen LogP) is 1.37. The average Bonchev–Trinajstić information content (AvgIpc) is 3.50. The van der Waals surface area contributed by atoms with Crippen LogP contribution in [0.1, 0.15) is 60.1 Å². The molecule has 0 spiro atoms. The van der Waals surface area contributed by atoms with Gasteiger partial charge in [-0.3, -0.25) is 14.4 Å². The number of likely N-dealkylation sites (tertiary alicyclic amines) is 1. The number of anilines is 1. The molecule has 2 amide bonds. The second kappa shape index (κ2) is 7.82. The first-order valence-electron chi connectivity index (χ1n) is 10.3. The number of rotatable bonds is 6. The molecule has 0 bridgehead atoms. The van der Waals surface area contributed by atoms with Crippen LogP contribution in [0.3, 0.4) is 0 Å². The average molecular weight is 395 g/mol. The molecule has 0 aromatic carbocycles. The maximum Gasteiger partial charge on any atom is 0.222 e. The van der Waals surface area contributed by atoms with Gasteiger partial charge in [-0.15, -0.1) is 0 Å². The third-order valence-electron chi connectivity index (χ3n) is 6.12. The van der Waals surface area contributed by atoms with Crippen molar-refractivity contribution in [1.82, 2.24) is 9.88 Å². The van der Waals surface area contributed by atoms with Gasteiger partial charge in [0.2, 0.25) is 11.8 Å². The van der Waals surface area contributed by atoms with Crippen molar-refractivity contribution in [2.24, 2.45) is 17.6 Å². The largest absolute Gasteiger partial charge is 0.369 e. The van der Waals surface area contributed by atoms with Gasteiger partial charge in [-0.1, -0.05) is 0 Å². The van der Waals surface area contributed by atoms with Crippen LogP contribution in [0.25, 0.3) is 0 Å². The summed E-state index contributed by atoms with van der Waals surface area (Å²) in [6.45, 7) is 2.11. The summed E-state index contributed by atoms with van der Waals surface area (Å²) in [6.07, 6.45) is 4.30. The molecule has 1 aromatic heterocycles. The third-order valence-corrected chi connectivity index (χ3v) is 6.12. The SMILES string of the molecule is N#Cc1cc(C(=O)C2CC2)c(CN2CCCC2=O)nc1N1CCC(C(N)=O)CC1. The smallest absolute Gasteiger partial charge is 0.222 e. The number of nitrogens with zero attached hydrogens (tertiary/aromatic N) is 4. The van der Waals surface area contributed by atoms with E-state index in [1.54, 1.807) is 11.0 Å². The minimum Gasteiger partial charge on any atom is -0.369 e. The van der Waals surface area contributed by atoms with E-state index in [9.17, 15) is 19.6 Å². The lowest BCUT2D eigenvalue weighted by molar-refractivity contribution is -0.128. The van der Waals surface area contributed by atoms with Crippen LogP contribution in [0.15, 0.2) is 6.07 Å². The molecule has 1 aromatic rings. The summed E-state index contributed by atoms with van der Waals surface area (Å²) in [5.74, 6) is 0.184. The zero-order chi connectivity index (χ0) is 20.5. The molecule has 4 rings (SSSR count). The summed E-state index contributed by atoms with van der Waals surface area (Å²) in [7, 11) is 0. The molecular formula is C21H25N5O3. The lowest BCUT2D eigenvalue weighted by Gasteiger charge is -2.32. The molecule has 2 aliphatic heterocycles. The fourth-order valence-electron chi connectivity index (χ4n) is 4.19. The fourth-order valence-corrected chi connectivity index (χ4v) is 4.19. The van der Waals surface area contributed by atoms with Crippen molar-refractivity contribution in [2.45, 2.75) is 45.1 Å². The molecular weight excluding hydrogens is 370 g/mol. The molecule has 0 unspecified atom stereocenters. The number of piperidine rings is 1. The summed E-state index contributed by atoms with van der Waals surface area (Å²) in [5, 5.41) is 9.70. The van der Waals surface area contributed by atoms with E-state index in [0.29, 0.717) is 68.1 Å². The van der Waals surface area contributed by atoms with E-state index in [-0.39, 0.29) is 29.4 Å². The van der Waals surface area contributed by atoms with Gasteiger partial charge < -0.3 is 15.5 Å². The second-order valence-corrected chi connectivity index (χ2v) is 8.19. The predicted molar refractivity (Wildman–Crippen MR) is 105 cm³/mol. The first kappa shape index (κ1) is 19.4. The molecule has 1 saturated carbocycles. The quantitative estimate of drug-likeness (QED) is 0.726. The number of carbonyl (C=O) groups is 3. The maximum absolute atomic E-state index is 12.8. The van der Waals surface area contributed by atoms with Crippen LogP contribution < -0.4 is 10.6 Å². The Morgan fingerprint density at radius 1 is 1.17 bits per heavy atom. The molecule has 3 aliphatic rings. The number of primary amides is 1. The number of hydrogen-bond donors (Lipinski definition) is 1. The number of Topliss-reactive ketones (excluding diaryl/α,β-unsaturated/α-hetero) is 1. The van der Waals surface area contributed by atoms with Crippen LogP contribution in [0.4, 0.5) is 5.82 Å². The standard InChI is InChI=1S/C21H25N5O3/c22-11-15-10-16(19(28)13-3-4-13)17(12-26-7-1-2-18(26)27)24-21(15)25-8-5-14(6-9-25)20(23)29/h10,13-14H,1-9,12H2,(H2,23,29). The Morgan fingerprint density at radius 3 is 2.45 bits per heavy atom. The molecule has 8 heteroatoms. The zero-order valence-electron chi connectivity index (χ0n) is 16.4. The normalized spacial score (nSPS) is 20.0. The van der Waals surface area contributed by atoms with E-state index in [0.717, 1.165) is 19.3 Å². The number of carbonyl (C=O) groups excluding carboxylic acids is 3. The molecule has 2 saturated heterocycles. The van der Waals surface area contributed by atoms with Gasteiger partial charge in [0.05, 0.1) is 17.8 Å². The highest BCUT2D eigenvalue weighted by Gasteiger charge is 2.34. The molecule has 3 heterocycles. The van der Waals surface area contributed by atoms with Gasteiger partial charge in [-0.25, -0.2) is 4.98 Å². The van der Waals surface area contributed by atoms with Crippen LogP contribution in [-0.4, -0.2) is 47.1 Å². The molecule has 0 radical (unpaired) electrons. The Morgan fingerprint density at radius 2 is 1.90 bits per heavy atom. The van der Waals surface area contributed by atoms with Gasteiger partial charge >= 0.3 is 0 Å². The van der Waals surface area contributed by atoms with Gasteiger partial charge in [0.25, 0.3) is 0 Å². The lowest BCUT2D eigenvalue weighted by Crippen LogP contribution is -2.39. The number of nitrogens with two attached hydrogens (primary N) is 1. The number of aromatic nitrogens is 1. The van der Waals surface area contributed by atoms with Crippen LogP contribution in [-0.2, 0) is 16.1 Å². The van der Waals surface area contributed by atoms with E-state index in [2.05, 4.69) is 6.07 Å². The molecule has 8 nitrogen and oxygen atoms in total. The Bertz CT molecular complexity index is 894. The van der Waals surface area contributed by atoms with Gasteiger partial charge in [-0.05, 0) is 38.2 Å². The highest BCUT2D eigenvalue weighted by atomic mass is 16.2. The highest BCUT2D eigenvalue weighted by molar-refractivity contribution is 6.01. The van der Waals surface area contributed by atoms with E-state index < -0.39 is 0 Å². The maximum atomic E-state index is 12.8. The Labute approximate surface area is 169 Å². The van der Waals surface area contributed by atoms with Crippen molar-refractivity contribution >= 4 is 23.4 Å². The van der Waals surface area contributed by atoms with Gasteiger partial charge in [-0.2, -0.15) is 5.26 Å². The van der Waals surface area contributed by atoms with Gasteiger partial charge in [0.15, 0.2) is 5.78 Å². The number of pyridine rings is 1. The van der Waals surface area contributed by atoms with Crippen LogP contribution >= 0.6 is 0 Å². The number of hydrogen-bond acceptors (Lipinski definition) is 6. The molecule has 1 aliphatic carbocycles. The highest BCUT2D eigenvalue weighted by Crippen LogP contribution is 2.35. The summed E-state index contributed by atoms with van der Waals surface area (Å²) in [5.41, 5.74) is 6.83. The third kappa shape index (κ3) is 3.95. The molecule has 29 heavy (non-hydrogen) atoms. The Kier molecular flexibility index (Phi) is 5.22. The van der Waals surface area contributed by atoms with Gasteiger partial charge in [0.1, 0.15) is 11.9 Å².